The largest absolute Gasteiger partial charge is 0.486 e. The van der Waals surface area contributed by atoms with Crippen molar-refractivity contribution in [2.75, 3.05) is 0 Å². The molecule has 5 nitrogen and oxygen atoms in total. The van der Waals surface area contributed by atoms with Crippen LogP contribution >= 0.6 is 11.6 Å². The van der Waals surface area contributed by atoms with E-state index in [0.29, 0.717) is 22.2 Å². The fourth-order valence-corrected chi connectivity index (χ4v) is 2.26. The minimum absolute atomic E-state index is 0.151. The number of benzene rings is 2. The van der Waals surface area contributed by atoms with E-state index in [9.17, 15) is 4.79 Å². The van der Waals surface area contributed by atoms with Gasteiger partial charge in [0.05, 0.1) is 5.56 Å². The molecule has 1 heterocycles. The predicted molar refractivity (Wildman–Crippen MR) is 86.2 cm³/mol. The third-order valence-corrected chi connectivity index (χ3v) is 3.43. The molecule has 116 valence electrons. The summed E-state index contributed by atoms with van der Waals surface area (Å²) in [6, 6.07) is 16.1. The molecule has 0 aliphatic heterocycles. The van der Waals surface area contributed by atoms with Gasteiger partial charge in [-0.3, -0.25) is 4.79 Å². The molecule has 0 atom stereocenters. The average Bonchev–Trinajstić information content (AvgIpc) is 3.03. The van der Waals surface area contributed by atoms with Gasteiger partial charge in [-0.25, -0.2) is 0 Å². The third-order valence-electron chi connectivity index (χ3n) is 3.20. The molecule has 1 aromatic heterocycles. The van der Waals surface area contributed by atoms with Crippen LogP contribution in [0.5, 0.6) is 5.75 Å². The van der Waals surface area contributed by atoms with Crippen LogP contribution in [0.4, 0.5) is 0 Å². The monoisotopic (exact) mass is 328 g/mol. The number of nitrogens with two attached hydrogens (primary N) is 1. The molecule has 1 amide bonds. The second-order valence-corrected chi connectivity index (χ2v) is 5.28. The number of hydrogen-bond acceptors (Lipinski definition) is 4. The van der Waals surface area contributed by atoms with Crippen LogP contribution in [-0.4, -0.2) is 11.1 Å². The molecule has 0 bridgehead atoms. The Morgan fingerprint density at radius 3 is 2.70 bits per heavy atom. The smallest absolute Gasteiger partial charge is 0.252 e. The summed E-state index contributed by atoms with van der Waals surface area (Å²) in [4.78, 5) is 11.4. The van der Waals surface area contributed by atoms with E-state index in [1.54, 1.807) is 18.2 Å². The quantitative estimate of drug-likeness (QED) is 0.775. The number of primary amides is 1. The lowest BCUT2D eigenvalue weighted by Gasteiger charge is -2.08. The number of ether oxygens (including phenoxy) is 1. The lowest BCUT2D eigenvalue weighted by molar-refractivity contribution is 0.0996. The summed E-state index contributed by atoms with van der Waals surface area (Å²) in [5.74, 6) is 0.397. The summed E-state index contributed by atoms with van der Waals surface area (Å²) in [6.45, 7) is 0.151. The van der Waals surface area contributed by atoms with Crippen LogP contribution in [0.3, 0.4) is 0 Å². The van der Waals surface area contributed by atoms with Crippen molar-refractivity contribution in [2.24, 2.45) is 5.73 Å². The molecule has 0 saturated carbocycles. The number of halogens is 1. The molecular weight excluding hydrogens is 316 g/mol. The molecule has 0 aliphatic carbocycles. The molecule has 3 aromatic rings. The minimum Gasteiger partial charge on any atom is -0.486 e. The van der Waals surface area contributed by atoms with Gasteiger partial charge < -0.3 is 15.0 Å². The Morgan fingerprint density at radius 1 is 1.17 bits per heavy atom. The van der Waals surface area contributed by atoms with E-state index < -0.39 is 5.91 Å². The standard InChI is InChI=1S/C17H13ClN2O3/c18-12-6-7-15(14(8-12)17(19)21)22-10-13-9-16(23-20-13)11-4-2-1-3-5-11/h1-9H,10H2,(H2,19,21). The summed E-state index contributed by atoms with van der Waals surface area (Å²) in [5, 5.41) is 4.37. The van der Waals surface area contributed by atoms with Crippen molar-refractivity contribution >= 4 is 17.5 Å². The maximum absolute atomic E-state index is 11.4. The van der Waals surface area contributed by atoms with Crippen LogP contribution in [0.2, 0.25) is 5.02 Å². The number of amides is 1. The fraction of sp³-hybridized carbons (Fsp3) is 0.0588. The van der Waals surface area contributed by atoms with Crippen molar-refractivity contribution in [3.63, 3.8) is 0 Å². The Hall–Kier alpha value is -2.79. The number of hydrogen-bond donors (Lipinski definition) is 1. The van der Waals surface area contributed by atoms with E-state index >= 15 is 0 Å². The van der Waals surface area contributed by atoms with Crippen molar-refractivity contribution in [3.8, 4) is 17.1 Å². The van der Waals surface area contributed by atoms with Crippen LogP contribution in [0, 0.1) is 0 Å². The zero-order valence-corrected chi connectivity index (χ0v) is 12.8. The second kappa shape index (κ2) is 6.54. The summed E-state index contributed by atoms with van der Waals surface area (Å²) in [6.07, 6.45) is 0. The van der Waals surface area contributed by atoms with Crippen molar-refractivity contribution in [1.29, 1.82) is 0 Å². The average molecular weight is 329 g/mol. The molecular formula is C17H13ClN2O3. The van der Waals surface area contributed by atoms with E-state index in [0.717, 1.165) is 5.56 Å². The van der Waals surface area contributed by atoms with Crippen molar-refractivity contribution in [3.05, 3.63) is 70.9 Å². The molecule has 6 heteroatoms. The second-order valence-electron chi connectivity index (χ2n) is 4.84. The SMILES string of the molecule is NC(=O)c1cc(Cl)ccc1OCc1cc(-c2ccccc2)on1. The topological polar surface area (TPSA) is 78.4 Å². The summed E-state index contributed by atoms with van der Waals surface area (Å²) in [5.41, 5.74) is 7.08. The van der Waals surface area contributed by atoms with Crippen LogP contribution in [0.15, 0.2) is 59.1 Å². The molecule has 0 radical (unpaired) electrons. The number of rotatable bonds is 5. The van der Waals surface area contributed by atoms with Gasteiger partial charge in [-0.2, -0.15) is 0 Å². The predicted octanol–water partition coefficient (Wildman–Crippen LogP) is 3.67. The Morgan fingerprint density at radius 2 is 1.96 bits per heavy atom. The molecule has 0 saturated heterocycles. The molecule has 3 rings (SSSR count). The maximum Gasteiger partial charge on any atom is 0.252 e. The minimum atomic E-state index is -0.604. The molecule has 0 spiro atoms. The van der Waals surface area contributed by atoms with E-state index in [-0.39, 0.29) is 12.2 Å². The lowest BCUT2D eigenvalue weighted by Crippen LogP contribution is -2.13. The first kappa shape index (κ1) is 15.1. The highest BCUT2D eigenvalue weighted by atomic mass is 35.5. The summed E-state index contributed by atoms with van der Waals surface area (Å²) >= 11 is 5.86. The Balaban J connectivity index is 1.75. The van der Waals surface area contributed by atoms with Gasteiger partial charge in [-0.1, -0.05) is 47.1 Å². The molecule has 0 aliphatic rings. The van der Waals surface area contributed by atoms with Crippen LogP contribution in [0.1, 0.15) is 16.1 Å². The Bertz CT molecular complexity index is 831. The third kappa shape index (κ3) is 3.52. The van der Waals surface area contributed by atoms with Crippen LogP contribution in [0.25, 0.3) is 11.3 Å². The van der Waals surface area contributed by atoms with Gasteiger partial charge in [0, 0.05) is 16.7 Å². The molecule has 0 fully saturated rings. The first-order chi connectivity index (χ1) is 11.1. The number of carbonyl (C=O) groups excluding carboxylic acids is 1. The fourth-order valence-electron chi connectivity index (χ4n) is 2.09. The Kier molecular flexibility index (Phi) is 4.30. The lowest BCUT2D eigenvalue weighted by atomic mass is 10.1. The Labute approximate surface area is 137 Å². The highest BCUT2D eigenvalue weighted by Gasteiger charge is 2.12. The van der Waals surface area contributed by atoms with E-state index in [4.69, 9.17) is 26.6 Å². The molecule has 2 aromatic carbocycles. The summed E-state index contributed by atoms with van der Waals surface area (Å²) < 4.78 is 10.9. The van der Waals surface area contributed by atoms with Gasteiger partial charge in [-0.05, 0) is 18.2 Å². The molecule has 23 heavy (non-hydrogen) atoms. The van der Waals surface area contributed by atoms with Gasteiger partial charge in [-0.15, -0.1) is 0 Å². The highest BCUT2D eigenvalue weighted by Crippen LogP contribution is 2.24. The van der Waals surface area contributed by atoms with E-state index in [2.05, 4.69) is 5.16 Å². The highest BCUT2D eigenvalue weighted by molar-refractivity contribution is 6.31. The molecule has 2 N–H and O–H groups in total. The maximum atomic E-state index is 11.4. The van der Waals surface area contributed by atoms with Gasteiger partial charge in [0.1, 0.15) is 18.1 Å². The van der Waals surface area contributed by atoms with Gasteiger partial charge in [0.15, 0.2) is 5.76 Å². The van der Waals surface area contributed by atoms with Crippen molar-refractivity contribution in [1.82, 2.24) is 5.16 Å². The number of nitrogens with zero attached hydrogens (tertiary/aromatic N) is 1. The normalized spacial score (nSPS) is 10.5. The summed E-state index contributed by atoms with van der Waals surface area (Å²) in [7, 11) is 0. The van der Waals surface area contributed by atoms with E-state index in [1.165, 1.54) is 6.07 Å². The number of aromatic nitrogens is 1. The zero-order valence-electron chi connectivity index (χ0n) is 12.0. The first-order valence-electron chi connectivity index (χ1n) is 6.86. The van der Waals surface area contributed by atoms with Gasteiger partial charge >= 0.3 is 0 Å². The van der Waals surface area contributed by atoms with Gasteiger partial charge in [0.2, 0.25) is 0 Å². The van der Waals surface area contributed by atoms with Crippen molar-refractivity contribution in [2.45, 2.75) is 6.61 Å². The van der Waals surface area contributed by atoms with Crippen LogP contribution < -0.4 is 10.5 Å². The zero-order chi connectivity index (χ0) is 16.2. The van der Waals surface area contributed by atoms with Gasteiger partial charge in [0.25, 0.3) is 5.91 Å². The van der Waals surface area contributed by atoms with Crippen molar-refractivity contribution < 1.29 is 14.1 Å². The first-order valence-corrected chi connectivity index (χ1v) is 7.24. The van der Waals surface area contributed by atoms with E-state index in [1.807, 2.05) is 30.3 Å². The van der Waals surface area contributed by atoms with Crippen LogP contribution in [-0.2, 0) is 6.61 Å². The molecule has 0 unspecified atom stereocenters. The number of carbonyl (C=O) groups is 1.